The van der Waals surface area contributed by atoms with Gasteiger partial charge < -0.3 is 10.0 Å². The van der Waals surface area contributed by atoms with Gasteiger partial charge in [0.05, 0.1) is 0 Å². The molecule has 1 heterocycles. The fourth-order valence-electron chi connectivity index (χ4n) is 2.97. The van der Waals surface area contributed by atoms with Gasteiger partial charge in [-0.1, -0.05) is 29.3 Å². The molecule has 2 nitrogen and oxygen atoms in total. The van der Waals surface area contributed by atoms with Crippen molar-refractivity contribution in [2.75, 3.05) is 19.6 Å². The van der Waals surface area contributed by atoms with Crippen molar-refractivity contribution in [1.82, 2.24) is 4.90 Å². The number of halogens is 2. The number of likely N-dealkylation sites (tertiary alicyclic amines) is 1. The van der Waals surface area contributed by atoms with Gasteiger partial charge >= 0.3 is 0 Å². The summed E-state index contributed by atoms with van der Waals surface area (Å²) >= 11 is 14.1. The minimum atomic E-state index is 0.329. The second-order valence-corrected chi connectivity index (χ2v) is 8.36. The van der Waals surface area contributed by atoms with Crippen LogP contribution in [0.3, 0.4) is 0 Å². The number of hydrogen-bond donors (Lipinski definition) is 1. The monoisotopic (exact) mass is 381 g/mol. The number of piperidine rings is 1. The first-order valence-corrected chi connectivity index (χ1v) is 9.86. The third-order valence-electron chi connectivity index (χ3n) is 4.39. The predicted molar refractivity (Wildman–Crippen MR) is 104 cm³/mol. The van der Waals surface area contributed by atoms with E-state index in [2.05, 4.69) is 4.90 Å². The van der Waals surface area contributed by atoms with Crippen molar-refractivity contribution in [1.29, 1.82) is 0 Å². The molecule has 0 unspecified atom stereocenters. The molecule has 24 heavy (non-hydrogen) atoms. The molecular formula is C19H21Cl2NOS. The highest BCUT2D eigenvalue weighted by Gasteiger charge is 2.20. The molecular weight excluding hydrogens is 361 g/mol. The Labute approximate surface area is 157 Å². The van der Waals surface area contributed by atoms with E-state index in [0.717, 1.165) is 31.1 Å². The molecule has 0 radical (unpaired) electrons. The molecule has 0 saturated carbocycles. The van der Waals surface area contributed by atoms with E-state index in [0.29, 0.717) is 16.0 Å². The zero-order valence-corrected chi connectivity index (χ0v) is 15.7. The van der Waals surface area contributed by atoms with Crippen LogP contribution in [0.4, 0.5) is 0 Å². The van der Waals surface area contributed by atoms with Crippen LogP contribution in [0.25, 0.3) is 0 Å². The molecule has 2 aromatic rings. The maximum Gasteiger partial charge on any atom is 0.115 e. The minimum Gasteiger partial charge on any atom is -0.508 e. The van der Waals surface area contributed by atoms with E-state index >= 15 is 0 Å². The van der Waals surface area contributed by atoms with Gasteiger partial charge in [-0.3, -0.25) is 0 Å². The largest absolute Gasteiger partial charge is 0.508 e. The first-order valence-electron chi connectivity index (χ1n) is 8.22. The summed E-state index contributed by atoms with van der Waals surface area (Å²) in [7, 11) is 0. The Bertz CT molecular complexity index is 670. The summed E-state index contributed by atoms with van der Waals surface area (Å²) in [6.45, 7) is 3.29. The Hall–Kier alpha value is -0.870. The molecule has 1 aliphatic rings. The van der Waals surface area contributed by atoms with Gasteiger partial charge in [0.15, 0.2) is 0 Å². The van der Waals surface area contributed by atoms with Crippen LogP contribution in [0.2, 0.25) is 10.0 Å². The lowest BCUT2D eigenvalue weighted by molar-refractivity contribution is 0.235. The van der Waals surface area contributed by atoms with Crippen LogP contribution in [-0.2, 0) is 6.42 Å². The number of benzene rings is 2. The Morgan fingerprint density at radius 3 is 2.42 bits per heavy atom. The number of phenolic OH excluding ortho intramolecular Hbond substituents is 1. The fraction of sp³-hybridized carbons (Fsp3) is 0.368. The van der Waals surface area contributed by atoms with E-state index < -0.39 is 0 Å². The van der Waals surface area contributed by atoms with Crippen molar-refractivity contribution < 1.29 is 5.11 Å². The molecule has 3 rings (SSSR count). The summed E-state index contributed by atoms with van der Waals surface area (Å²) < 4.78 is 0. The average Bonchev–Trinajstić information content (AvgIpc) is 2.57. The van der Waals surface area contributed by atoms with E-state index in [1.165, 1.54) is 23.3 Å². The van der Waals surface area contributed by atoms with E-state index in [4.69, 9.17) is 23.2 Å². The predicted octanol–water partition coefficient (Wildman–Crippen LogP) is 5.50. The SMILES string of the molecule is Oc1ccc(SC2CCN(CCc3ccc(Cl)cc3Cl)CC2)cc1. The highest BCUT2D eigenvalue weighted by molar-refractivity contribution is 8.00. The lowest BCUT2D eigenvalue weighted by Gasteiger charge is -2.31. The van der Waals surface area contributed by atoms with Crippen molar-refractivity contribution in [3.8, 4) is 5.75 Å². The van der Waals surface area contributed by atoms with Crippen molar-refractivity contribution in [2.45, 2.75) is 29.4 Å². The van der Waals surface area contributed by atoms with Crippen LogP contribution in [0, 0.1) is 0 Å². The summed E-state index contributed by atoms with van der Waals surface area (Å²) in [6, 6.07) is 13.3. The van der Waals surface area contributed by atoms with Crippen LogP contribution in [0.5, 0.6) is 5.75 Å². The molecule has 1 saturated heterocycles. The lowest BCUT2D eigenvalue weighted by atomic mass is 10.1. The Kier molecular flexibility index (Phi) is 6.34. The molecule has 1 fully saturated rings. The summed E-state index contributed by atoms with van der Waals surface area (Å²) in [4.78, 5) is 3.75. The number of thioether (sulfide) groups is 1. The van der Waals surface area contributed by atoms with Crippen molar-refractivity contribution in [3.63, 3.8) is 0 Å². The van der Waals surface area contributed by atoms with Gasteiger partial charge in [-0.05, 0) is 74.3 Å². The summed E-state index contributed by atoms with van der Waals surface area (Å²) in [5.74, 6) is 0.329. The molecule has 0 aliphatic carbocycles. The highest BCUT2D eigenvalue weighted by Crippen LogP contribution is 2.31. The van der Waals surface area contributed by atoms with Crippen LogP contribution >= 0.6 is 35.0 Å². The molecule has 128 valence electrons. The second kappa shape index (κ2) is 8.48. The van der Waals surface area contributed by atoms with Gasteiger partial charge in [0.2, 0.25) is 0 Å². The normalized spacial score (nSPS) is 16.4. The standard InChI is InChI=1S/C19H21Cl2NOS/c20-15-2-1-14(19(21)13-15)7-10-22-11-8-18(9-12-22)24-17-5-3-16(23)4-6-17/h1-6,13,18,23H,7-12H2. The molecule has 0 aromatic heterocycles. The van der Waals surface area contributed by atoms with E-state index in [1.807, 2.05) is 42.1 Å². The maximum absolute atomic E-state index is 9.35. The van der Waals surface area contributed by atoms with Gasteiger partial charge in [-0.15, -0.1) is 11.8 Å². The number of hydrogen-bond acceptors (Lipinski definition) is 3. The summed E-state index contributed by atoms with van der Waals surface area (Å²) in [6.07, 6.45) is 3.35. The molecule has 1 aliphatic heterocycles. The number of aromatic hydroxyl groups is 1. The van der Waals surface area contributed by atoms with Crippen LogP contribution in [-0.4, -0.2) is 34.9 Å². The van der Waals surface area contributed by atoms with E-state index in [9.17, 15) is 5.11 Å². The van der Waals surface area contributed by atoms with E-state index in [-0.39, 0.29) is 0 Å². The summed E-state index contributed by atoms with van der Waals surface area (Å²) in [5, 5.41) is 11.5. The zero-order valence-electron chi connectivity index (χ0n) is 13.4. The molecule has 5 heteroatoms. The summed E-state index contributed by atoms with van der Waals surface area (Å²) in [5.41, 5.74) is 1.17. The average molecular weight is 382 g/mol. The van der Waals surface area contributed by atoms with Gasteiger partial charge in [-0.25, -0.2) is 0 Å². The van der Waals surface area contributed by atoms with Gasteiger partial charge in [0.25, 0.3) is 0 Å². The lowest BCUT2D eigenvalue weighted by Crippen LogP contribution is -2.36. The first kappa shape index (κ1) is 17.9. The van der Waals surface area contributed by atoms with Crippen molar-refractivity contribution in [3.05, 3.63) is 58.1 Å². The van der Waals surface area contributed by atoms with Gasteiger partial charge in [0, 0.05) is 26.7 Å². The second-order valence-electron chi connectivity index (χ2n) is 6.14. The molecule has 0 atom stereocenters. The third-order valence-corrected chi connectivity index (χ3v) is 6.32. The van der Waals surface area contributed by atoms with Gasteiger partial charge in [-0.2, -0.15) is 0 Å². The quantitative estimate of drug-likeness (QED) is 0.739. The van der Waals surface area contributed by atoms with Crippen molar-refractivity contribution >= 4 is 35.0 Å². The molecule has 0 amide bonds. The smallest absolute Gasteiger partial charge is 0.115 e. The molecule has 0 bridgehead atoms. The van der Waals surface area contributed by atoms with Crippen LogP contribution in [0.1, 0.15) is 18.4 Å². The molecule has 0 spiro atoms. The Balaban J connectivity index is 1.44. The molecule has 1 N–H and O–H groups in total. The van der Waals surface area contributed by atoms with Gasteiger partial charge in [0.1, 0.15) is 5.75 Å². The number of phenols is 1. The van der Waals surface area contributed by atoms with E-state index in [1.54, 1.807) is 12.1 Å². The number of rotatable bonds is 5. The third kappa shape index (κ3) is 5.06. The minimum absolute atomic E-state index is 0.329. The van der Waals surface area contributed by atoms with Crippen LogP contribution < -0.4 is 0 Å². The maximum atomic E-state index is 9.35. The highest BCUT2D eigenvalue weighted by atomic mass is 35.5. The Morgan fingerprint density at radius 1 is 1.04 bits per heavy atom. The molecule has 2 aromatic carbocycles. The first-order chi connectivity index (χ1) is 11.6. The fourth-order valence-corrected chi connectivity index (χ4v) is 4.60. The number of nitrogens with zero attached hydrogens (tertiary/aromatic N) is 1. The zero-order chi connectivity index (χ0) is 16.9. The Morgan fingerprint density at radius 2 is 1.75 bits per heavy atom. The van der Waals surface area contributed by atoms with Crippen molar-refractivity contribution in [2.24, 2.45) is 0 Å². The topological polar surface area (TPSA) is 23.5 Å². The van der Waals surface area contributed by atoms with Crippen LogP contribution in [0.15, 0.2) is 47.4 Å².